The van der Waals surface area contributed by atoms with E-state index in [2.05, 4.69) is 10.6 Å². The molecule has 0 saturated carbocycles. The number of anilines is 1. The smallest absolute Gasteiger partial charge is 0.340 e. The molecule has 0 fully saturated rings. The molecule has 13 nitrogen and oxygen atoms in total. The van der Waals surface area contributed by atoms with Gasteiger partial charge >= 0.3 is 11.6 Å². The quantitative estimate of drug-likeness (QED) is 0.0927. The van der Waals surface area contributed by atoms with Gasteiger partial charge in [0, 0.05) is 18.0 Å². The fourth-order valence-electron chi connectivity index (χ4n) is 3.70. The number of amides is 2. The second-order valence-electron chi connectivity index (χ2n) is 9.05. The fourth-order valence-corrected chi connectivity index (χ4v) is 4.33. The van der Waals surface area contributed by atoms with Gasteiger partial charge in [-0.15, -0.1) is 0 Å². The summed E-state index contributed by atoms with van der Waals surface area (Å²) in [6, 6.07) is 0.263. The van der Waals surface area contributed by atoms with Crippen LogP contribution in [0.3, 0.4) is 0 Å². The van der Waals surface area contributed by atoms with Crippen LogP contribution in [0.4, 0.5) is 5.69 Å². The van der Waals surface area contributed by atoms with Crippen molar-refractivity contribution in [1.82, 2.24) is 10.6 Å². The summed E-state index contributed by atoms with van der Waals surface area (Å²) in [6.07, 6.45) is 0.898. The van der Waals surface area contributed by atoms with Crippen LogP contribution in [0.5, 0.6) is 0 Å². The number of unbranched alkanes of at least 4 members (excludes halogenated alkanes) is 1. The molecule has 2 amide bonds. The Bertz CT molecular complexity index is 1350. The molecule has 0 unspecified atom stereocenters. The number of nitrogens with two attached hydrogens (primary N) is 2. The molecule has 2 aromatic rings. The standard InChI is InChI=1S/C23H32N4O9S/c1-11(2)20(22(30)31)27-21(29)15(24)6-4-5-7-26-19(28)9-14-12(3)13-8-18(37(33,34)35)16(25)10-17(13)36-23(14)32/h8,10-11,15,20H,4-7,9,24-25H2,1-3H3,(H,26,28)(H,27,29)(H,30,31)(H,33,34,35)/t15-,20-/m0/s1. The molecule has 0 aliphatic heterocycles. The topological polar surface area (TPSA) is 232 Å². The van der Waals surface area contributed by atoms with E-state index in [9.17, 15) is 32.1 Å². The van der Waals surface area contributed by atoms with Crippen molar-refractivity contribution in [3.05, 3.63) is 33.7 Å². The number of hydrogen-bond donors (Lipinski definition) is 6. The third-order valence-corrected chi connectivity index (χ3v) is 6.77. The summed E-state index contributed by atoms with van der Waals surface area (Å²) in [5.74, 6) is -2.50. The maximum Gasteiger partial charge on any atom is 0.340 e. The Morgan fingerprint density at radius 1 is 1.16 bits per heavy atom. The number of rotatable bonds is 12. The number of benzene rings is 1. The second-order valence-corrected chi connectivity index (χ2v) is 10.4. The van der Waals surface area contributed by atoms with Crippen LogP contribution in [0.2, 0.25) is 0 Å². The van der Waals surface area contributed by atoms with Crippen LogP contribution in [0.25, 0.3) is 11.0 Å². The number of fused-ring (bicyclic) bond motifs is 1. The molecule has 0 spiro atoms. The highest BCUT2D eigenvalue weighted by Gasteiger charge is 2.26. The first-order chi connectivity index (χ1) is 17.1. The summed E-state index contributed by atoms with van der Waals surface area (Å²) < 4.78 is 37.7. The number of carboxylic acid groups (broad SMARTS) is 1. The molecule has 0 aliphatic rings. The lowest BCUT2D eigenvalue weighted by Gasteiger charge is -2.20. The van der Waals surface area contributed by atoms with E-state index in [-0.39, 0.29) is 47.5 Å². The summed E-state index contributed by atoms with van der Waals surface area (Å²) in [4.78, 5) is 47.6. The maximum atomic E-state index is 12.4. The van der Waals surface area contributed by atoms with Gasteiger partial charge in [0.2, 0.25) is 11.8 Å². The minimum Gasteiger partial charge on any atom is -0.480 e. The van der Waals surface area contributed by atoms with E-state index >= 15 is 0 Å². The van der Waals surface area contributed by atoms with Crippen molar-refractivity contribution in [2.45, 2.75) is 63.4 Å². The van der Waals surface area contributed by atoms with E-state index < -0.39 is 50.5 Å². The Morgan fingerprint density at radius 2 is 1.81 bits per heavy atom. The van der Waals surface area contributed by atoms with Gasteiger partial charge in [0.1, 0.15) is 16.5 Å². The van der Waals surface area contributed by atoms with Crippen LogP contribution in [-0.2, 0) is 30.9 Å². The molecular formula is C23H32N4O9S. The number of aryl methyl sites for hydroxylation is 1. The van der Waals surface area contributed by atoms with Crippen molar-refractivity contribution >= 4 is 44.6 Å². The molecule has 0 saturated heterocycles. The molecule has 2 atom stereocenters. The van der Waals surface area contributed by atoms with E-state index in [4.69, 9.17) is 21.0 Å². The van der Waals surface area contributed by atoms with Gasteiger partial charge in [-0.3, -0.25) is 14.1 Å². The van der Waals surface area contributed by atoms with E-state index in [1.54, 1.807) is 13.8 Å². The maximum absolute atomic E-state index is 12.4. The van der Waals surface area contributed by atoms with Gasteiger partial charge in [0.15, 0.2) is 0 Å². The number of carboxylic acids is 1. The number of carbonyl (C=O) groups excluding carboxylic acids is 2. The molecule has 204 valence electrons. The molecule has 1 aromatic carbocycles. The molecule has 2 rings (SSSR count). The first-order valence-electron chi connectivity index (χ1n) is 11.5. The van der Waals surface area contributed by atoms with Crippen molar-refractivity contribution in [2.24, 2.45) is 11.7 Å². The first-order valence-corrected chi connectivity index (χ1v) is 13.0. The van der Waals surface area contributed by atoms with Crippen LogP contribution >= 0.6 is 0 Å². The summed E-state index contributed by atoms with van der Waals surface area (Å²) in [7, 11) is -4.61. The molecule has 0 bridgehead atoms. The molecular weight excluding hydrogens is 508 g/mol. The minimum atomic E-state index is -4.61. The summed E-state index contributed by atoms with van der Waals surface area (Å²) in [5.41, 5.74) is 10.7. The van der Waals surface area contributed by atoms with Gasteiger partial charge in [0.05, 0.1) is 23.7 Å². The van der Waals surface area contributed by atoms with E-state index in [1.807, 2.05) is 0 Å². The number of aliphatic carboxylic acids is 1. The fraction of sp³-hybridized carbons (Fsp3) is 0.478. The Kier molecular flexibility index (Phi) is 9.78. The summed E-state index contributed by atoms with van der Waals surface area (Å²) in [5, 5.41) is 14.4. The number of hydrogen-bond acceptors (Lipinski definition) is 9. The second kappa shape index (κ2) is 12.2. The van der Waals surface area contributed by atoms with Gasteiger partial charge in [0.25, 0.3) is 10.1 Å². The zero-order valence-electron chi connectivity index (χ0n) is 20.7. The lowest BCUT2D eigenvalue weighted by molar-refractivity contribution is -0.143. The van der Waals surface area contributed by atoms with Crippen molar-refractivity contribution in [3.8, 4) is 0 Å². The highest BCUT2D eigenvalue weighted by atomic mass is 32.2. The zero-order chi connectivity index (χ0) is 28.1. The van der Waals surface area contributed by atoms with Gasteiger partial charge in [-0.25, -0.2) is 9.59 Å². The molecule has 14 heteroatoms. The van der Waals surface area contributed by atoms with Crippen LogP contribution in [0, 0.1) is 12.8 Å². The number of carbonyl (C=O) groups is 3. The summed E-state index contributed by atoms with van der Waals surface area (Å²) >= 11 is 0. The van der Waals surface area contributed by atoms with Crippen molar-refractivity contribution < 1.29 is 36.9 Å². The average molecular weight is 541 g/mol. The van der Waals surface area contributed by atoms with E-state index in [0.29, 0.717) is 18.4 Å². The normalized spacial score (nSPS) is 13.4. The molecule has 0 radical (unpaired) electrons. The molecule has 0 aliphatic carbocycles. The van der Waals surface area contributed by atoms with E-state index in [1.165, 1.54) is 6.92 Å². The largest absolute Gasteiger partial charge is 0.480 e. The molecule has 8 N–H and O–H groups in total. The van der Waals surface area contributed by atoms with Crippen molar-refractivity contribution in [1.29, 1.82) is 0 Å². The molecule has 1 aromatic heterocycles. The Labute approximate surface area is 213 Å². The Hall–Kier alpha value is -3.49. The SMILES string of the molecule is Cc1c(CC(=O)NCCCC[C@H](N)C(=O)N[C@H](C(=O)O)C(C)C)c(=O)oc2cc(N)c(S(=O)(=O)O)cc12. The van der Waals surface area contributed by atoms with Crippen LogP contribution in [0.15, 0.2) is 26.2 Å². The zero-order valence-corrected chi connectivity index (χ0v) is 21.6. The highest BCUT2D eigenvalue weighted by Crippen LogP contribution is 2.28. The monoisotopic (exact) mass is 540 g/mol. The lowest BCUT2D eigenvalue weighted by atomic mass is 10.0. The lowest BCUT2D eigenvalue weighted by Crippen LogP contribution is -2.50. The van der Waals surface area contributed by atoms with Crippen LogP contribution in [-0.4, -0.2) is 54.5 Å². The third-order valence-electron chi connectivity index (χ3n) is 5.86. The third kappa shape index (κ3) is 7.74. The van der Waals surface area contributed by atoms with Crippen molar-refractivity contribution in [2.75, 3.05) is 12.3 Å². The Morgan fingerprint density at radius 3 is 2.38 bits per heavy atom. The first kappa shape index (κ1) is 29.7. The van der Waals surface area contributed by atoms with Crippen LogP contribution in [0.1, 0.15) is 44.2 Å². The predicted octanol–water partition coefficient (Wildman–Crippen LogP) is 0.312. The molecule has 37 heavy (non-hydrogen) atoms. The Balaban J connectivity index is 1.94. The van der Waals surface area contributed by atoms with Gasteiger partial charge < -0.3 is 31.6 Å². The average Bonchev–Trinajstić information content (AvgIpc) is 2.77. The number of nitrogen functional groups attached to an aromatic ring is 1. The summed E-state index contributed by atoms with van der Waals surface area (Å²) in [6.45, 7) is 5.09. The van der Waals surface area contributed by atoms with Gasteiger partial charge in [-0.05, 0) is 43.7 Å². The van der Waals surface area contributed by atoms with E-state index in [0.717, 1.165) is 12.1 Å². The van der Waals surface area contributed by atoms with Crippen molar-refractivity contribution in [3.63, 3.8) is 0 Å². The van der Waals surface area contributed by atoms with Gasteiger partial charge in [-0.2, -0.15) is 8.42 Å². The minimum absolute atomic E-state index is 0.0139. The number of nitrogens with one attached hydrogen (secondary N) is 2. The van der Waals surface area contributed by atoms with Gasteiger partial charge in [-0.1, -0.05) is 13.8 Å². The van der Waals surface area contributed by atoms with Crippen LogP contribution < -0.4 is 27.7 Å². The highest BCUT2D eigenvalue weighted by molar-refractivity contribution is 7.86. The molecule has 1 heterocycles. The predicted molar refractivity (Wildman–Crippen MR) is 134 cm³/mol.